The smallest absolute Gasteiger partial charge is 0.227 e. The van der Waals surface area contributed by atoms with E-state index in [1.165, 1.54) is 0 Å². The SMILES string of the molecule is C[C@@H](N)c1ccc(NC(=O)C2CC2)cc1. The summed E-state index contributed by atoms with van der Waals surface area (Å²) in [7, 11) is 0. The highest BCUT2D eigenvalue weighted by Gasteiger charge is 2.29. The Kier molecular flexibility index (Phi) is 2.73. The summed E-state index contributed by atoms with van der Waals surface area (Å²) >= 11 is 0. The van der Waals surface area contributed by atoms with Gasteiger partial charge in [0, 0.05) is 17.6 Å². The fraction of sp³-hybridized carbons (Fsp3) is 0.417. The van der Waals surface area contributed by atoms with Gasteiger partial charge in [-0.3, -0.25) is 4.79 Å². The molecule has 0 saturated heterocycles. The molecule has 15 heavy (non-hydrogen) atoms. The van der Waals surface area contributed by atoms with Crippen LogP contribution in [-0.4, -0.2) is 5.91 Å². The summed E-state index contributed by atoms with van der Waals surface area (Å²) in [4.78, 5) is 11.5. The van der Waals surface area contributed by atoms with Gasteiger partial charge < -0.3 is 11.1 Å². The Bertz CT molecular complexity index is 352. The third kappa shape index (κ3) is 2.57. The van der Waals surface area contributed by atoms with Crippen molar-refractivity contribution < 1.29 is 4.79 Å². The average Bonchev–Trinajstić information content (AvgIpc) is 3.01. The molecule has 1 aliphatic rings. The predicted octanol–water partition coefficient (Wildman–Crippen LogP) is 2.05. The number of carbonyl (C=O) groups excluding carboxylic acids is 1. The van der Waals surface area contributed by atoms with E-state index in [1.54, 1.807) is 0 Å². The molecule has 1 aliphatic carbocycles. The molecule has 3 nitrogen and oxygen atoms in total. The summed E-state index contributed by atoms with van der Waals surface area (Å²) in [5.41, 5.74) is 7.68. The van der Waals surface area contributed by atoms with Gasteiger partial charge in [-0.2, -0.15) is 0 Å². The van der Waals surface area contributed by atoms with E-state index >= 15 is 0 Å². The molecule has 0 spiro atoms. The van der Waals surface area contributed by atoms with Crippen LogP contribution in [0.2, 0.25) is 0 Å². The summed E-state index contributed by atoms with van der Waals surface area (Å²) in [6.07, 6.45) is 2.06. The Hall–Kier alpha value is -1.35. The third-order valence-corrected chi connectivity index (χ3v) is 2.65. The van der Waals surface area contributed by atoms with Crippen molar-refractivity contribution in [1.29, 1.82) is 0 Å². The minimum absolute atomic E-state index is 0.0400. The molecular formula is C12H16N2O. The lowest BCUT2D eigenvalue weighted by molar-refractivity contribution is -0.117. The highest BCUT2D eigenvalue weighted by molar-refractivity contribution is 5.93. The van der Waals surface area contributed by atoms with Gasteiger partial charge in [0.2, 0.25) is 5.91 Å². The van der Waals surface area contributed by atoms with Crippen molar-refractivity contribution in [3.63, 3.8) is 0 Å². The van der Waals surface area contributed by atoms with Crippen LogP contribution in [0.1, 0.15) is 31.4 Å². The lowest BCUT2D eigenvalue weighted by atomic mass is 10.1. The van der Waals surface area contributed by atoms with Crippen LogP contribution >= 0.6 is 0 Å². The van der Waals surface area contributed by atoms with E-state index in [1.807, 2.05) is 31.2 Å². The van der Waals surface area contributed by atoms with Gasteiger partial charge in [0.1, 0.15) is 0 Å². The Morgan fingerprint density at radius 1 is 1.40 bits per heavy atom. The van der Waals surface area contributed by atoms with Crippen LogP contribution in [0.3, 0.4) is 0 Å². The van der Waals surface area contributed by atoms with Crippen LogP contribution < -0.4 is 11.1 Å². The first-order valence-corrected chi connectivity index (χ1v) is 5.33. The molecule has 1 atom stereocenters. The largest absolute Gasteiger partial charge is 0.326 e. The molecule has 0 radical (unpaired) electrons. The molecule has 0 aromatic heterocycles. The van der Waals surface area contributed by atoms with Crippen LogP contribution in [0.15, 0.2) is 24.3 Å². The zero-order valence-corrected chi connectivity index (χ0v) is 8.86. The lowest BCUT2D eigenvalue weighted by Crippen LogP contribution is -2.13. The quantitative estimate of drug-likeness (QED) is 0.791. The van der Waals surface area contributed by atoms with Gasteiger partial charge in [0.25, 0.3) is 0 Å². The van der Waals surface area contributed by atoms with Crippen LogP contribution in [0.4, 0.5) is 5.69 Å². The standard InChI is InChI=1S/C12H16N2O/c1-8(13)9-4-6-11(7-5-9)14-12(15)10-2-3-10/h4-8,10H,2-3,13H2,1H3,(H,14,15)/t8-/m1/s1. The molecule has 0 heterocycles. The molecule has 2 rings (SSSR count). The first-order valence-electron chi connectivity index (χ1n) is 5.33. The Morgan fingerprint density at radius 3 is 2.47 bits per heavy atom. The van der Waals surface area contributed by atoms with E-state index in [9.17, 15) is 4.79 Å². The lowest BCUT2D eigenvalue weighted by Gasteiger charge is -2.07. The summed E-state index contributed by atoms with van der Waals surface area (Å²) in [5, 5.41) is 2.89. The Labute approximate surface area is 89.7 Å². The first-order chi connectivity index (χ1) is 7.16. The molecule has 3 N–H and O–H groups in total. The molecule has 1 aromatic rings. The molecule has 0 aliphatic heterocycles. The number of nitrogens with one attached hydrogen (secondary N) is 1. The molecule has 1 amide bonds. The van der Waals surface area contributed by atoms with E-state index in [0.717, 1.165) is 24.1 Å². The second-order valence-corrected chi connectivity index (χ2v) is 4.17. The maximum atomic E-state index is 11.5. The molecule has 1 saturated carbocycles. The molecule has 1 fully saturated rings. The number of hydrogen-bond acceptors (Lipinski definition) is 2. The predicted molar refractivity (Wildman–Crippen MR) is 60.4 cm³/mol. The number of rotatable bonds is 3. The second kappa shape index (κ2) is 4.03. The fourth-order valence-corrected chi connectivity index (χ4v) is 1.46. The molecule has 0 unspecified atom stereocenters. The van der Waals surface area contributed by atoms with Crippen molar-refractivity contribution in [3.05, 3.63) is 29.8 Å². The minimum Gasteiger partial charge on any atom is -0.326 e. The van der Waals surface area contributed by atoms with Crippen molar-refractivity contribution in [1.82, 2.24) is 0 Å². The van der Waals surface area contributed by atoms with Crippen molar-refractivity contribution in [2.24, 2.45) is 11.7 Å². The molecule has 80 valence electrons. The van der Waals surface area contributed by atoms with E-state index in [0.29, 0.717) is 0 Å². The number of hydrogen-bond donors (Lipinski definition) is 2. The van der Waals surface area contributed by atoms with Crippen molar-refractivity contribution in [3.8, 4) is 0 Å². The fourth-order valence-electron chi connectivity index (χ4n) is 1.46. The van der Waals surface area contributed by atoms with Gasteiger partial charge in [0.05, 0.1) is 0 Å². The topological polar surface area (TPSA) is 55.1 Å². The highest BCUT2D eigenvalue weighted by atomic mass is 16.2. The maximum absolute atomic E-state index is 11.5. The second-order valence-electron chi connectivity index (χ2n) is 4.17. The van der Waals surface area contributed by atoms with E-state index in [4.69, 9.17) is 5.73 Å². The van der Waals surface area contributed by atoms with Gasteiger partial charge in [-0.1, -0.05) is 12.1 Å². The Balaban J connectivity index is 2.00. The van der Waals surface area contributed by atoms with Gasteiger partial charge in [-0.05, 0) is 37.5 Å². The summed E-state index contributed by atoms with van der Waals surface area (Å²) < 4.78 is 0. The number of benzene rings is 1. The zero-order valence-electron chi connectivity index (χ0n) is 8.86. The summed E-state index contributed by atoms with van der Waals surface area (Å²) in [5.74, 6) is 0.390. The van der Waals surface area contributed by atoms with Crippen molar-refractivity contribution in [2.75, 3.05) is 5.32 Å². The summed E-state index contributed by atoms with van der Waals surface area (Å²) in [6.45, 7) is 1.94. The van der Waals surface area contributed by atoms with Gasteiger partial charge in [-0.25, -0.2) is 0 Å². The van der Waals surface area contributed by atoms with Crippen LogP contribution in [-0.2, 0) is 4.79 Å². The number of nitrogens with two attached hydrogens (primary N) is 1. The van der Waals surface area contributed by atoms with E-state index < -0.39 is 0 Å². The zero-order chi connectivity index (χ0) is 10.8. The average molecular weight is 204 g/mol. The normalized spacial score (nSPS) is 17.2. The monoisotopic (exact) mass is 204 g/mol. The molecule has 1 aromatic carbocycles. The van der Waals surface area contributed by atoms with Gasteiger partial charge in [-0.15, -0.1) is 0 Å². The van der Waals surface area contributed by atoms with E-state index in [-0.39, 0.29) is 17.9 Å². The van der Waals surface area contributed by atoms with Crippen LogP contribution in [0.25, 0.3) is 0 Å². The van der Waals surface area contributed by atoms with Gasteiger partial charge >= 0.3 is 0 Å². The molecule has 3 heteroatoms. The van der Waals surface area contributed by atoms with Crippen molar-refractivity contribution >= 4 is 11.6 Å². The summed E-state index contributed by atoms with van der Waals surface area (Å²) in [6, 6.07) is 7.75. The minimum atomic E-state index is 0.0400. The Morgan fingerprint density at radius 2 is 2.00 bits per heavy atom. The van der Waals surface area contributed by atoms with Crippen LogP contribution in [0.5, 0.6) is 0 Å². The molecule has 0 bridgehead atoms. The number of amides is 1. The van der Waals surface area contributed by atoms with Crippen LogP contribution in [0, 0.1) is 5.92 Å². The van der Waals surface area contributed by atoms with E-state index in [2.05, 4.69) is 5.32 Å². The van der Waals surface area contributed by atoms with Crippen molar-refractivity contribution in [2.45, 2.75) is 25.8 Å². The van der Waals surface area contributed by atoms with Gasteiger partial charge in [0.15, 0.2) is 0 Å². The highest BCUT2D eigenvalue weighted by Crippen LogP contribution is 2.30. The maximum Gasteiger partial charge on any atom is 0.227 e. The number of anilines is 1. The third-order valence-electron chi connectivity index (χ3n) is 2.65. The number of carbonyl (C=O) groups is 1. The molecular weight excluding hydrogens is 188 g/mol. The first kappa shape index (κ1) is 10.2.